The van der Waals surface area contributed by atoms with E-state index in [1.54, 1.807) is 7.11 Å². The number of benzene rings is 1. The van der Waals surface area contributed by atoms with E-state index < -0.39 is 5.97 Å². The number of ether oxygens (including phenoxy) is 1. The standard InChI is InChI=1S/C14H17N3O3S/c1-10-15-16-14(21-9-13(18)19)17(10)7-6-11-4-3-5-12(8-11)20-2/h3-5,8H,6-7,9H2,1-2H3,(H,18,19). The van der Waals surface area contributed by atoms with Crippen molar-refractivity contribution in [1.29, 1.82) is 0 Å². The van der Waals surface area contributed by atoms with Crippen LogP contribution in [0.4, 0.5) is 0 Å². The summed E-state index contributed by atoms with van der Waals surface area (Å²) in [6.45, 7) is 2.57. The number of carbonyl (C=O) groups is 1. The molecule has 0 bridgehead atoms. The number of methoxy groups -OCH3 is 1. The number of nitrogens with zero attached hydrogens (tertiary/aromatic N) is 3. The Kier molecular flexibility index (Phi) is 5.21. The van der Waals surface area contributed by atoms with E-state index in [2.05, 4.69) is 10.2 Å². The Hall–Kier alpha value is -2.02. The van der Waals surface area contributed by atoms with Gasteiger partial charge in [0, 0.05) is 6.54 Å². The minimum Gasteiger partial charge on any atom is -0.497 e. The highest BCUT2D eigenvalue weighted by molar-refractivity contribution is 7.99. The second-order valence-electron chi connectivity index (χ2n) is 4.47. The average Bonchev–Trinajstić information content (AvgIpc) is 2.83. The van der Waals surface area contributed by atoms with Gasteiger partial charge in [0.1, 0.15) is 11.6 Å². The summed E-state index contributed by atoms with van der Waals surface area (Å²) in [5.41, 5.74) is 1.15. The summed E-state index contributed by atoms with van der Waals surface area (Å²) in [6, 6.07) is 7.88. The normalized spacial score (nSPS) is 10.6. The number of hydrogen-bond acceptors (Lipinski definition) is 5. The van der Waals surface area contributed by atoms with E-state index >= 15 is 0 Å². The highest BCUT2D eigenvalue weighted by Crippen LogP contribution is 2.18. The molecule has 2 aromatic rings. The third-order valence-electron chi connectivity index (χ3n) is 2.98. The van der Waals surface area contributed by atoms with Gasteiger partial charge in [-0.1, -0.05) is 23.9 Å². The molecule has 0 aliphatic rings. The molecule has 0 saturated carbocycles. The van der Waals surface area contributed by atoms with Gasteiger partial charge in [-0.2, -0.15) is 0 Å². The summed E-state index contributed by atoms with van der Waals surface area (Å²) >= 11 is 1.18. The Balaban J connectivity index is 2.05. The molecule has 1 aromatic heterocycles. The van der Waals surface area contributed by atoms with Crippen LogP contribution in [0.25, 0.3) is 0 Å². The van der Waals surface area contributed by atoms with Gasteiger partial charge in [-0.05, 0) is 31.0 Å². The van der Waals surface area contributed by atoms with E-state index in [4.69, 9.17) is 9.84 Å². The van der Waals surface area contributed by atoms with E-state index in [0.717, 1.165) is 23.6 Å². The first-order valence-corrected chi connectivity index (χ1v) is 7.46. The van der Waals surface area contributed by atoms with Gasteiger partial charge in [-0.25, -0.2) is 0 Å². The van der Waals surface area contributed by atoms with Crippen LogP contribution in [-0.4, -0.2) is 38.7 Å². The highest BCUT2D eigenvalue weighted by Gasteiger charge is 2.11. The summed E-state index contributed by atoms with van der Waals surface area (Å²) in [5.74, 6) is 0.733. The van der Waals surface area contributed by atoms with E-state index in [1.165, 1.54) is 11.8 Å². The second-order valence-corrected chi connectivity index (χ2v) is 5.41. The predicted molar refractivity (Wildman–Crippen MR) is 79.8 cm³/mol. The van der Waals surface area contributed by atoms with Gasteiger partial charge in [0.2, 0.25) is 0 Å². The minimum absolute atomic E-state index is 0.0166. The van der Waals surface area contributed by atoms with E-state index in [9.17, 15) is 4.79 Å². The second kappa shape index (κ2) is 7.12. The summed E-state index contributed by atoms with van der Waals surface area (Å²) in [6.07, 6.45) is 0.802. The van der Waals surface area contributed by atoms with Gasteiger partial charge < -0.3 is 14.4 Å². The van der Waals surface area contributed by atoms with Crippen LogP contribution in [0.1, 0.15) is 11.4 Å². The van der Waals surface area contributed by atoms with Crippen LogP contribution in [0, 0.1) is 6.92 Å². The Labute approximate surface area is 127 Å². The zero-order valence-electron chi connectivity index (χ0n) is 11.9. The topological polar surface area (TPSA) is 77.2 Å². The molecule has 1 heterocycles. The fraction of sp³-hybridized carbons (Fsp3) is 0.357. The van der Waals surface area contributed by atoms with Crippen molar-refractivity contribution in [3.05, 3.63) is 35.7 Å². The Morgan fingerprint density at radius 1 is 1.43 bits per heavy atom. The molecule has 0 atom stereocenters. The van der Waals surface area contributed by atoms with Crippen LogP contribution < -0.4 is 4.74 Å². The third kappa shape index (κ3) is 4.22. The number of aryl methyl sites for hydroxylation is 2. The Morgan fingerprint density at radius 2 is 2.24 bits per heavy atom. The monoisotopic (exact) mass is 307 g/mol. The molecule has 0 saturated heterocycles. The third-order valence-corrected chi connectivity index (χ3v) is 3.94. The van der Waals surface area contributed by atoms with Crippen molar-refractivity contribution in [3.63, 3.8) is 0 Å². The fourth-order valence-electron chi connectivity index (χ4n) is 1.92. The molecule has 112 valence electrons. The van der Waals surface area contributed by atoms with Crippen molar-refractivity contribution >= 4 is 17.7 Å². The lowest BCUT2D eigenvalue weighted by Crippen LogP contribution is -2.07. The first-order chi connectivity index (χ1) is 10.1. The number of hydrogen-bond donors (Lipinski definition) is 1. The molecule has 0 fully saturated rings. The smallest absolute Gasteiger partial charge is 0.313 e. The number of rotatable bonds is 7. The van der Waals surface area contributed by atoms with Crippen molar-refractivity contribution in [2.75, 3.05) is 12.9 Å². The largest absolute Gasteiger partial charge is 0.497 e. The van der Waals surface area contributed by atoms with Crippen molar-refractivity contribution in [1.82, 2.24) is 14.8 Å². The Morgan fingerprint density at radius 3 is 2.95 bits per heavy atom. The zero-order valence-corrected chi connectivity index (χ0v) is 12.8. The predicted octanol–water partition coefficient (Wildman–Crippen LogP) is 2.01. The summed E-state index contributed by atoms with van der Waals surface area (Å²) in [5, 5.41) is 17.4. The number of carboxylic acid groups (broad SMARTS) is 1. The van der Waals surface area contributed by atoms with Gasteiger partial charge in [-0.3, -0.25) is 4.79 Å². The quantitative estimate of drug-likeness (QED) is 0.789. The van der Waals surface area contributed by atoms with E-state index in [0.29, 0.717) is 11.7 Å². The number of carboxylic acids is 1. The van der Waals surface area contributed by atoms with Crippen molar-refractivity contribution in [3.8, 4) is 5.75 Å². The Bertz CT molecular complexity index is 628. The van der Waals surface area contributed by atoms with Crippen molar-refractivity contribution in [2.24, 2.45) is 0 Å². The lowest BCUT2D eigenvalue weighted by atomic mass is 10.1. The van der Waals surface area contributed by atoms with Gasteiger partial charge in [0.25, 0.3) is 0 Å². The zero-order chi connectivity index (χ0) is 15.2. The maximum absolute atomic E-state index is 10.6. The number of aromatic nitrogens is 3. The van der Waals surface area contributed by atoms with Crippen LogP contribution in [0.2, 0.25) is 0 Å². The first-order valence-electron chi connectivity index (χ1n) is 6.47. The van der Waals surface area contributed by atoms with Gasteiger partial charge in [-0.15, -0.1) is 10.2 Å². The fourth-order valence-corrected chi connectivity index (χ4v) is 2.65. The summed E-state index contributed by atoms with van der Waals surface area (Å²) in [4.78, 5) is 10.6. The molecule has 0 aliphatic heterocycles. The van der Waals surface area contributed by atoms with Crippen LogP contribution in [0.15, 0.2) is 29.4 Å². The van der Waals surface area contributed by atoms with Crippen LogP contribution in [-0.2, 0) is 17.8 Å². The van der Waals surface area contributed by atoms with Crippen LogP contribution >= 0.6 is 11.8 Å². The summed E-state index contributed by atoms with van der Waals surface area (Å²) < 4.78 is 7.14. The molecule has 1 aromatic carbocycles. The molecule has 0 aliphatic carbocycles. The SMILES string of the molecule is COc1cccc(CCn2c(C)nnc2SCC(=O)O)c1. The molecule has 7 heteroatoms. The molecule has 21 heavy (non-hydrogen) atoms. The van der Waals surface area contributed by atoms with Crippen LogP contribution in [0.5, 0.6) is 5.75 Å². The lowest BCUT2D eigenvalue weighted by molar-refractivity contribution is -0.133. The van der Waals surface area contributed by atoms with E-state index in [-0.39, 0.29) is 5.75 Å². The average molecular weight is 307 g/mol. The molecule has 6 nitrogen and oxygen atoms in total. The number of thioether (sulfide) groups is 1. The van der Waals surface area contributed by atoms with Gasteiger partial charge >= 0.3 is 5.97 Å². The molecule has 0 unspecified atom stereocenters. The minimum atomic E-state index is -0.861. The molecular weight excluding hydrogens is 290 g/mol. The molecule has 0 radical (unpaired) electrons. The molecule has 0 amide bonds. The van der Waals surface area contributed by atoms with Crippen LogP contribution in [0.3, 0.4) is 0 Å². The summed E-state index contributed by atoms with van der Waals surface area (Å²) in [7, 11) is 1.64. The maximum atomic E-state index is 10.6. The van der Waals surface area contributed by atoms with Crippen molar-refractivity contribution < 1.29 is 14.6 Å². The first kappa shape index (κ1) is 15.4. The molecule has 1 N–H and O–H groups in total. The van der Waals surface area contributed by atoms with Gasteiger partial charge in [0.15, 0.2) is 5.16 Å². The van der Waals surface area contributed by atoms with Gasteiger partial charge in [0.05, 0.1) is 12.9 Å². The molecule has 0 spiro atoms. The van der Waals surface area contributed by atoms with Crippen molar-refractivity contribution in [2.45, 2.75) is 25.0 Å². The van der Waals surface area contributed by atoms with E-state index in [1.807, 2.05) is 35.8 Å². The highest BCUT2D eigenvalue weighted by atomic mass is 32.2. The molecular formula is C14H17N3O3S. The molecule has 2 rings (SSSR count). The maximum Gasteiger partial charge on any atom is 0.313 e. The lowest BCUT2D eigenvalue weighted by Gasteiger charge is -2.08. The number of aliphatic carboxylic acids is 1.